The smallest absolute Gasteiger partial charge is 0.168 e. The van der Waals surface area contributed by atoms with Gasteiger partial charge < -0.3 is 4.57 Å². The molecule has 0 atom stereocenters. The van der Waals surface area contributed by atoms with Gasteiger partial charge in [0.1, 0.15) is 0 Å². The summed E-state index contributed by atoms with van der Waals surface area (Å²) < 4.78 is 4.12. The Morgan fingerprint density at radius 2 is 1.89 bits per heavy atom. The maximum Gasteiger partial charge on any atom is 0.168 e. The van der Waals surface area contributed by atoms with Crippen LogP contribution in [0.25, 0.3) is 27.9 Å². The zero-order valence-electron chi connectivity index (χ0n) is 10.5. The summed E-state index contributed by atoms with van der Waals surface area (Å²) in [6, 6.07) is 14.4. The molecule has 0 fully saturated rings. The fourth-order valence-electron chi connectivity index (χ4n) is 2.46. The first-order valence-corrected chi connectivity index (χ1v) is 6.18. The first kappa shape index (κ1) is 10.3. The number of hydrogen-bond donors (Lipinski definition) is 0. The molecule has 0 N–H and O–H groups in total. The van der Waals surface area contributed by atoms with Crippen LogP contribution in [-0.4, -0.2) is 19.2 Å². The van der Waals surface area contributed by atoms with E-state index in [1.807, 2.05) is 28.8 Å². The van der Waals surface area contributed by atoms with E-state index in [1.165, 1.54) is 10.9 Å². The molecule has 0 radical (unpaired) electrons. The van der Waals surface area contributed by atoms with Gasteiger partial charge in [-0.25, -0.2) is 0 Å². The van der Waals surface area contributed by atoms with Crippen LogP contribution < -0.4 is 0 Å². The van der Waals surface area contributed by atoms with Crippen LogP contribution in [0.5, 0.6) is 0 Å². The molecular formula is C15H12N4. The van der Waals surface area contributed by atoms with Gasteiger partial charge in [-0.2, -0.15) is 0 Å². The van der Waals surface area contributed by atoms with E-state index in [-0.39, 0.29) is 0 Å². The van der Waals surface area contributed by atoms with Gasteiger partial charge in [0.05, 0.1) is 0 Å². The van der Waals surface area contributed by atoms with E-state index < -0.39 is 0 Å². The number of nitrogens with zero attached hydrogens (tertiary/aromatic N) is 4. The lowest BCUT2D eigenvalue weighted by atomic mass is 10.1. The Balaban J connectivity index is 1.98. The van der Waals surface area contributed by atoms with E-state index in [1.54, 1.807) is 0 Å². The fourth-order valence-corrected chi connectivity index (χ4v) is 2.46. The molecule has 0 bridgehead atoms. The maximum absolute atomic E-state index is 4.29. The van der Waals surface area contributed by atoms with Gasteiger partial charge in [0.25, 0.3) is 0 Å². The van der Waals surface area contributed by atoms with Crippen molar-refractivity contribution in [3.8, 4) is 11.4 Å². The lowest BCUT2D eigenvalue weighted by Gasteiger charge is -2.01. The molecule has 0 spiro atoms. The zero-order valence-corrected chi connectivity index (χ0v) is 10.5. The van der Waals surface area contributed by atoms with Crippen LogP contribution >= 0.6 is 0 Å². The van der Waals surface area contributed by atoms with Gasteiger partial charge in [0.15, 0.2) is 11.5 Å². The topological polar surface area (TPSA) is 35.1 Å². The van der Waals surface area contributed by atoms with Crippen molar-refractivity contribution in [3.63, 3.8) is 0 Å². The summed E-state index contributed by atoms with van der Waals surface area (Å²) in [4.78, 5) is 0. The molecule has 0 unspecified atom stereocenters. The minimum absolute atomic E-state index is 0.866. The summed E-state index contributed by atoms with van der Waals surface area (Å²) in [5.74, 6) is 0.876. The van der Waals surface area contributed by atoms with Crippen molar-refractivity contribution >= 4 is 16.6 Å². The van der Waals surface area contributed by atoms with Gasteiger partial charge in [-0.05, 0) is 36.4 Å². The average Bonchev–Trinajstić information content (AvgIpc) is 3.03. The van der Waals surface area contributed by atoms with Gasteiger partial charge in [-0.15, -0.1) is 10.2 Å². The molecule has 4 aromatic rings. The standard InChI is InChI=1S/C15H12N4/c1-18-9-7-11-10-12(5-6-13(11)18)15-17-16-14-4-2-3-8-19(14)15/h2-10H,1H3. The van der Waals surface area contributed by atoms with Crippen LogP contribution in [0.15, 0.2) is 54.9 Å². The van der Waals surface area contributed by atoms with Crippen molar-refractivity contribution in [1.82, 2.24) is 19.2 Å². The molecule has 0 aliphatic rings. The maximum atomic E-state index is 4.29. The Hall–Kier alpha value is -2.62. The molecule has 0 saturated heterocycles. The molecule has 4 rings (SSSR count). The zero-order chi connectivity index (χ0) is 12.8. The predicted molar refractivity (Wildman–Crippen MR) is 74.9 cm³/mol. The summed E-state index contributed by atoms with van der Waals surface area (Å²) in [6.07, 6.45) is 4.05. The summed E-state index contributed by atoms with van der Waals surface area (Å²) in [6.45, 7) is 0. The van der Waals surface area contributed by atoms with Crippen molar-refractivity contribution in [3.05, 3.63) is 54.9 Å². The second kappa shape index (κ2) is 3.68. The van der Waals surface area contributed by atoms with Crippen molar-refractivity contribution in [2.24, 2.45) is 7.05 Å². The van der Waals surface area contributed by atoms with Crippen molar-refractivity contribution < 1.29 is 0 Å². The number of rotatable bonds is 1. The number of fused-ring (bicyclic) bond motifs is 2. The lowest BCUT2D eigenvalue weighted by molar-refractivity contribution is 0.969. The Morgan fingerprint density at radius 1 is 0.947 bits per heavy atom. The molecule has 3 heterocycles. The largest absolute Gasteiger partial charge is 0.351 e. The summed E-state index contributed by atoms with van der Waals surface area (Å²) in [7, 11) is 2.05. The van der Waals surface area contributed by atoms with Crippen molar-refractivity contribution in [2.75, 3.05) is 0 Å². The quantitative estimate of drug-likeness (QED) is 0.519. The van der Waals surface area contributed by atoms with Gasteiger partial charge >= 0.3 is 0 Å². The number of aryl methyl sites for hydroxylation is 1. The third-order valence-corrected chi connectivity index (χ3v) is 3.46. The van der Waals surface area contributed by atoms with Crippen molar-refractivity contribution in [1.29, 1.82) is 0 Å². The predicted octanol–water partition coefficient (Wildman–Crippen LogP) is 2.89. The summed E-state index contributed by atoms with van der Waals surface area (Å²) in [5.41, 5.74) is 3.17. The second-order valence-electron chi connectivity index (χ2n) is 4.65. The van der Waals surface area contributed by atoms with E-state index in [4.69, 9.17) is 0 Å². The SMILES string of the molecule is Cn1ccc2cc(-c3nnc4ccccn34)ccc21. The Morgan fingerprint density at radius 3 is 2.84 bits per heavy atom. The Kier molecular flexibility index (Phi) is 2.00. The number of pyridine rings is 1. The van der Waals surface area contributed by atoms with Gasteiger partial charge in [-0.3, -0.25) is 4.40 Å². The van der Waals surface area contributed by atoms with E-state index in [0.717, 1.165) is 17.0 Å². The molecule has 4 heteroatoms. The van der Waals surface area contributed by atoms with Crippen LogP contribution in [0.2, 0.25) is 0 Å². The highest BCUT2D eigenvalue weighted by atomic mass is 15.2. The minimum atomic E-state index is 0.866. The number of hydrogen-bond acceptors (Lipinski definition) is 2. The first-order chi connectivity index (χ1) is 9.33. The first-order valence-electron chi connectivity index (χ1n) is 6.18. The van der Waals surface area contributed by atoms with Crippen LogP contribution in [0.1, 0.15) is 0 Å². The highest BCUT2D eigenvalue weighted by molar-refractivity contribution is 5.84. The normalized spacial score (nSPS) is 11.4. The van der Waals surface area contributed by atoms with E-state index >= 15 is 0 Å². The molecule has 4 nitrogen and oxygen atoms in total. The molecule has 0 saturated carbocycles. The summed E-state index contributed by atoms with van der Waals surface area (Å²) in [5, 5.41) is 9.69. The average molecular weight is 248 g/mol. The molecule has 0 aliphatic heterocycles. The van der Waals surface area contributed by atoms with Crippen LogP contribution in [0.3, 0.4) is 0 Å². The highest BCUT2D eigenvalue weighted by Gasteiger charge is 2.08. The molecular weight excluding hydrogens is 236 g/mol. The monoisotopic (exact) mass is 248 g/mol. The van der Waals surface area contributed by atoms with Crippen LogP contribution in [0, 0.1) is 0 Å². The lowest BCUT2D eigenvalue weighted by Crippen LogP contribution is -1.89. The van der Waals surface area contributed by atoms with Crippen molar-refractivity contribution in [2.45, 2.75) is 0 Å². The third kappa shape index (κ3) is 1.46. The van der Waals surface area contributed by atoms with E-state index in [2.05, 4.69) is 52.3 Å². The molecule has 0 aliphatic carbocycles. The van der Waals surface area contributed by atoms with E-state index in [9.17, 15) is 0 Å². The second-order valence-corrected chi connectivity index (χ2v) is 4.65. The van der Waals surface area contributed by atoms with Gasteiger partial charge in [-0.1, -0.05) is 6.07 Å². The van der Waals surface area contributed by atoms with Crippen LogP contribution in [-0.2, 0) is 7.05 Å². The molecule has 3 aromatic heterocycles. The third-order valence-electron chi connectivity index (χ3n) is 3.46. The number of benzene rings is 1. The Labute approximate surface area is 109 Å². The highest BCUT2D eigenvalue weighted by Crippen LogP contribution is 2.23. The van der Waals surface area contributed by atoms with E-state index in [0.29, 0.717) is 0 Å². The molecule has 19 heavy (non-hydrogen) atoms. The van der Waals surface area contributed by atoms with Gasteiger partial charge in [0.2, 0.25) is 0 Å². The van der Waals surface area contributed by atoms with Gasteiger partial charge in [0, 0.05) is 35.9 Å². The molecule has 0 amide bonds. The minimum Gasteiger partial charge on any atom is -0.351 e. The molecule has 1 aromatic carbocycles. The van der Waals surface area contributed by atoms with Crippen LogP contribution in [0.4, 0.5) is 0 Å². The Bertz CT molecular complexity index is 885. The summed E-state index contributed by atoms with van der Waals surface area (Å²) >= 11 is 0. The number of aromatic nitrogens is 4. The molecule has 92 valence electrons. The fraction of sp³-hybridized carbons (Fsp3) is 0.0667.